The monoisotopic (exact) mass is 486 g/mol. The second kappa shape index (κ2) is 9.85. The van der Waals surface area contributed by atoms with E-state index in [1.165, 1.54) is 18.2 Å². The molecule has 9 heteroatoms. The topological polar surface area (TPSA) is 102 Å². The standard InChI is InChI=1S/C26H25F3N2O4/c27-26(28,29)18-8-5-15(6-9-18)14-35-23-20-12-10-19(30)13-17(20)7-11-21(23)24(32)31-22(25(33)34)16-3-1-2-4-16/h5-13,16,22H,1-4,14,30H2,(H,31,32)(H,33,34). The van der Waals surface area contributed by atoms with Gasteiger partial charge in [0.25, 0.3) is 5.91 Å². The minimum Gasteiger partial charge on any atom is -0.487 e. The van der Waals surface area contributed by atoms with E-state index in [-0.39, 0.29) is 23.8 Å². The number of carbonyl (C=O) groups excluding carboxylic acids is 1. The van der Waals surface area contributed by atoms with Gasteiger partial charge in [-0.2, -0.15) is 13.2 Å². The zero-order chi connectivity index (χ0) is 25.2. The van der Waals surface area contributed by atoms with E-state index in [1.807, 2.05) is 0 Å². The SMILES string of the molecule is Nc1ccc2c(OCc3ccc(C(F)(F)F)cc3)c(C(=O)NC(C(=O)O)C3CCCC3)ccc2c1. The molecule has 1 aliphatic rings. The van der Waals surface area contributed by atoms with E-state index in [2.05, 4.69) is 5.32 Å². The van der Waals surface area contributed by atoms with Gasteiger partial charge < -0.3 is 20.9 Å². The number of hydrogen-bond acceptors (Lipinski definition) is 4. The number of carboxylic acid groups (broad SMARTS) is 1. The highest BCUT2D eigenvalue weighted by Crippen LogP contribution is 2.34. The van der Waals surface area contributed by atoms with Crippen molar-refractivity contribution in [1.29, 1.82) is 0 Å². The number of fused-ring (bicyclic) bond motifs is 1. The second-order valence-corrected chi connectivity index (χ2v) is 8.74. The zero-order valence-corrected chi connectivity index (χ0v) is 18.8. The molecular formula is C26H25F3N2O4. The molecule has 184 valence electrons. The summed E-state index contributed by atoms with van der Waals surface area (Å²) in [5.74, 6) is -1.62. The lowest BCUT2D eigenvalue weighted by Crippen LogP contribution is -2.45. The molecule has 0 spiro atoms. The third-order valence-electron chi connectivity index (χ3n) is 6.33. The van der Waals surface area contributed by atoms with Crippen LogP contribution in [0.5, 0.6) is 5.75 Å². The highest BCUT2D eigenvalue weighted by Gasteiger charge is 2.33. The predicted molar refractivity (Wildman–Crippen MR) is 125 cm³/mol. The van der Waals surface area contributed by atoms with Crippen molar-refractivity contribution in [1.82, 2.24) is 5.32 Å². The van der Waals surface area contributed by atoms with Crippen LogP contribution in [0.2, 0.25) is 0 Å². The third kappa shape index (κ3) is 5.50. The average molecular weight is 486 g/mol. The molecule has 1 saturated carbocycles. The third-order valence-corrected chi connectivity index (χ3v) is 6.33. The van der Waals surface area contributed by atoms with Crippen molar-refractivity contribution in [2.24, 2.45) is 5.92 Å². The number of benzene rings is 3. The zero-order valence-electron chi connectivity index (χ0n) is 18.8. The Kier molecular flexibility index (Phi) is 6.86. The second-order valence-electron chi connectivity index (χ2n) is 8.74. The molecule has 0 radical (unpaired) electrons. The lowest BCUT2D eigenvalue weighted by molar-refractivity contribution is -0.140. The van der Waals surface area contributed by atoms with Crippen LogP contribution in [-0.2, 0) is 17.6 Å². The highest BCUT2D eigenvalue weighted by molar-refractivity contribution is 6.05. The van der Waals surface area contributed by atoms with Crippen molar-refractivity contribution in [3.05, 3.63) is 71.3 Å². The molecule has 4 N–H and O–H groups in total. The van der Waals surface area contributed by atoms with E-state index >= 15 is 0 Å². The predicted octanol–water partition coefficient (Wildman–Crippen LogP) is 5.39. The highest BCUT2D eigenvalue weighted by atomic mass is 19.4. The first-order valence-electron chi connectivity index (χ1n) is 11.3. The summed E-state index contributed by atoms with van der Waals surface area (Å²) < 4.78 is 44.6. The summed E-state index contributed by atoms with van der Waals surface area (Å²) in [6.45, 7) is -0.0904. The summed E-state index contributed by atoms with van der Waals surface area (Å²) in [5.41, 5.74) is 6.23. The number of hydrogen-bond donors (Lipinski definition) is 3. The molecule has 1 amide bonds. The summed E-state index contributed by atoms with van der Waals surface area (Å²) in [5, 5.41) is 13.6. The largest absolute Gasteiger partial charge is 0.487 e. The van der Waals surface area contributed by atoms with E-state index < -0.39 is 29.7 Å². The van der Waals surface area contributed by atoms with Gasteiger partial charge in [-0.1, -0.05) is 31.0 Å². The number of ether oxygens (including phenoxy) is 1. The van der Waals surface area contributed by atoms with Crippen molar-refractivity contribution in [3.63, 3.8) is 0 Å². The summed E-state index contributed by atoms with van der Waals surface area (Å²) in [7, 11) is 0. The van der Waals surface area contributed by atoms with E-state index in [0.717, 1.165) is 37.8 Å². The van der Waals surface area contributed by atoms with Gasteiger partial charge in [-0.25, -0.2) is 4.79 Å². The van der Waals surface area contributed by atoms with Gasteiger partial charge in [0.1, 0.15) is 18.4 Å². The number of carboxylic acids is 1. The lowest BCUT2D eigenvalue weighted by atomic mass is 9.97. The molecule has 4 rings (SSSR count). The van der Waals surface area contributed by atoms with Gasteiger partial charge in [-0.15, -0.1) is 0 Å². The maximum Gasteiger partial charge on any atom is 0.416 e. The first-order chi connectivity index (χ1) is 16.6. The van der Waals surface area contributed by atoms with Gasteiger partial charge >= 0.3 is 12.1 Å². The van der Waals surface area contributed by atoms with Crippen LogP contribution >= 0.6 is 0 Å². The number of rotatable bonds is 7. The van der Waals surface area contributed by atoms with Gasteiger partial charge in [0.2, 0.25) is 0 Å². The molecule has 1 unspecified atom stereocenters. The summed E-state index contributed by atoms with van der Waals surface area (Å²) in [6, 6.07) is 11.8. The van der Waals surface area contributed by atoms with Crippen LogP contribution in [0.25, 0.3) is 10.8 Å². The first kappa shape index (κ1) is 24.4. The van der Waals surface area contributed by atoms with Gasteiger partial charge in [-0.3, -0.25) is 4.79 Å². The number of amides is 1. The van der Waals surface area contributed by atoms with Gasteiger partial charge in [0.15, 0.2) is 0 Å². The minimum absolute atomic E-state index is 0.0904. The Hall–Kier alpha value is -3.75. The number of aliphatic carboxylic acids is 1. The van der Waals surface area contributed by atoms with Crippen LogP contribution in [0.4, 0.5) is 18.9 Å². The smallest absolute Gasteiger partial charge is 0.416 e. The van der Waals surface area contributed by atoms with Crippen LogP contribution in [0.1, 0.15) is 47.2 Å². The van der Waals surface area contributed by atoms with E-state index in [1.54, 1.807) is 24.3 Å². The van der Waals surface area contributed by atoms with Crippen LogP contribution in [0.15, 0.2) is 54.6 Å². The Morgan fingerprint density at radius 1 is 1.06 bits per heavy atom. The van der Waals surface area contributed by atoms with Gasteiger partial charge in [0, 0.05) is 11.1 Å². The number of carbonyl (C=O) groups is 2. The molecule has 1 atom stereocenters. The minimum atomic E-state index is -4.44. The van der Waals surface area contributed by atoms with Crippen molar-refractivity contribution >= 4 is 28.3 Å². The Morgan fingerprint density at radius 2 is 1.74 bits per heavy atom. The number of nitrogen functional groups attached to an aromatic ring is 1. The van der Waals surface area contributed by atoms with E-state index in [4.69, 9.17) is 10.5 Å². The van der Waals surface area contributed by atoms with Gasteiger partial charge in [0.05, 0.1) is 11.1 Å². The normalized spacial score (nSPS) is 15.2. The molecule has 0 aliphatic heterocycles. The Bertz CT molecular complexity index is 1240. The van der Waals surface area contributed by atoms with Crippen LogP contribution in [0.3, 0.4) is 0 Å². The number of anilines is 1. The summed E-state index contributed by atoms with van der Waals surface area (Å²) >= 11 is 0. The lowest BCUT2D eigenvalue weighted by Gasteiger charge is -2.22. The van der Waals surface area contributed by atoms with E-state index in [9.17, 15) is 27.9 Å². The molecule has 0 saturated heterocycles. The molecule has 0 aromatic heterocycles. The molecule has 0 bridgehead atoms. The Morgan fingerprint density at radius 3 is 2.37 bits per heavy atom. The number of halogens is 3. The van der Waals surface area contributed by atoms with Crippen LogP contribution < -0.4 is 15.8 Å². The fraction of sp³-hybridized carbons (Fsp3) is 0.308. The summed E-state index contributed by atoms with van der Waals surface area (Å²) in [4.78, 5) is 25.1. The molecule has 1 aliphatic carbocycles. The fourth-order valence-corrected chi connectivity index (χ4v) is 4.49. The van der Waals surface area contributed by atoms with Crippen molar-refractivity contribution in [3.8, 4) is 5.75 Å². The number of alkyl halides is 3. The molecular weight excluding hydrogens is 461 g/mol. The molecule has 3 aromatic rings. The first-order valence-corrected chi connectivity index (χ1v) is 11.3. The maximum atomic E-state index is 13.2. The molecule has 3 aromatic carbocycles. The van der Waals surface area contributed by atoms with Crippen LogP contribution in [-0.4, -0.2) is 23.0 Å². The average Bonchev–Trinajstić information content (AvgIpc) is 3.34. The van der Waals surface area contributed by atoms with Crippen molar-refractivity contribution in [2.45, 2.75) is 44.5 Å². The van der Waals surface area contributed by atoms with Crippen molar-refractivity contribution < 1.29 is 32.6 Å². The fourth-order valence-electron chi connectivity index (χ4n) is 4.49. The molecule has 1 fully saturated rings. The van der Waals surface area contributed by atoms with E-state index in [0.29, 0.717) is 22.0 Å². The summed E-state index contributed by atoms with van der Waals surface area (Å²) in [6.07, 6.45) is -1.15. The van der Waals surface area contributed by atoms with Crippen LogP contribution in [0, 0.1) is 5.92 Å². The molecule has 6 nitrogen and oxygen atoms in total. The number of nitrogens with one attached hydrogen (secondary N) is 1. The van der Waals surface area contributed by atoms with Crippen molar-refractivity contribution in [2.75, 3.05) is 5.73 Å². The quantitative estimate of drug-likeness (QED) is 0.389. The number of nitrogens with two attached hydrogens (primary N) is 1. The Labute approximate surface area is 199 Å². The Balaban J connectivity index is 1.64. The van der Waals surface area contributed by atoms with Gasteiger partial charge in [-0.05, 0) is 66.1 Å². The molecule has 0 heterocycles. The molecule has 35 heavy (non-hydrogen) atoms. The maximum absolute atomic E-state index is 13.2.